The van der Waals surface area contributed by atoms with E-state index in [1.165, 1.54) is 16.3 Å². The van der Waals surface area contributed by atoms with Crippen molar-refractivity contribution >= 4 is 27.3 Å². The molecule has 0 saturated heterocycles. The topological polar surface area (TPSA) is 36.4 Å². The van der Waals surface area contributed by atoms with Crippen LogP contribution in [0.3, 0.4) is 0 Å². The summed E-state index contributed by atoms with van der Waals surface area (Å²) in [4.78, 5) is 5.49. The van der Waals surface area contributed by atoms with Crippen LogP contribution in [0.5, 0.6) is 11.5 Å². The molecule has 0 radical (unpaired) electrons. The molecule has 9 rings (SSSR count). The number of imidazole rings is 2. The van der Waals surface area contributed by atoms with Crippen LogP contribution in [0.25, 0.3) is 44.3 Å². The number of hydrogen-bond acceptors (Lipinski definition) is 2. The fourth-order valence-corrected chi connectivity index (χ4v) is 9.08. The van der Waals surface area contributed by atoms with E-state index in [1.807, 2.05) is 49.7 Å². The van der Waals surface area contributed by atoms with Crippen molar-refractivity contribution in [3.05, 3.63) is 117 Å². The molecule has 1 unspecified atom stereocenters. The molecule has 47 heavy (non-hydrogen) atoms. The summed E-state index contributed by atoms with van der Waals surface area (Å²) in [6.07, 6.45) is 4.07. The fourth-order valence-electron chi connectivity index (χ4n) is 8.47. The molecule has 4 heterocycles. The van der Waals surface area contributed by atoms with E-state index < -0.39 is 13.8 Å². The maximum Gasteiger partial charge on any atom is 0.0197 e. The zero-order valence-electron chi connectivity index (χ0n) is 32.7. The number of fused-ring (bicyclic) bond motifs is 5. The predicted octanol–water partition coefficient (Wildman–Crippen LogP) is 9.45. The van der Waals surface area contributed by atoms with Crippen LogP contribution < -0.4 is 4.74 Å². The first-order chi connectivity index (χ1) is 24.8. The van der Waals surface area contributed by atoms with Crippen molar-refractivity contribution in [3.8, 4) is 28.4 Å². The van der Waals surface area contributed by atoms with Gasteiger partial charge >= 0.3 is 174 Å². The maximum absolute atomic E-state index is 8.66. The molecule has 0 spiro atoms. The molecule has 0 saturated carbocycles. The van der Waals surface area contributed by atoms with E-state index in [2.05, 4.69) is 75.4 Å². The average molecular weight is 802 g/mol. The van der Waals surface area contributed by atoms with Gasteiger partial charge in [-0.25, -0.2) is 0 Å². The monoisotopic (exact) mass is 801 g/mol. The molecule has 1 atom stereocenters. The minimum absolute atomic E-state index is 0.167. The number of hydrogen-bond donors (Lipinski definition) is 0. The van der Waals surface area contributed by atoms with Gasteiger partial charge in [0.2, 0.25) is 0 Å². The van der Waals surface area contributed by atoms with Crippen molar-refractivity contribution in [1.82, 2.24) is 18.5 Å². The third-order valence-electron chi connectivity index (χ3n) is 10.9. The van der Waals surface area contributed by atoms with Gasteiger partial charge in [0.05, 0.1) is 0 Å². The molecule has 4 aromatic carbocycles. The summed E-state index contributed by atoms with van der Waals surface area (Å²) in [5.74, 6) is 0.829. The van der Waals surface area contributed by atoms with Gasteiger partial charge in [-0.2, -0.15) is 0 Å². The Hall–Kier alpha value is -4.21. The van der Waals surface area contributed by atoms with Crippen LogP contribution in [-0.2, 0) is 42.6 Å². The Morgan fingerprint density at radius 1 is 0.894 bits per heavy atom. The molecule has 238 valence electrons. The number of ether oxygens (including phenoxy) is 1. The first kappa shape index (κ1) is 23.2. The smallest absolute Gasteiger partial charge is 0.0197 e. The molecular formula is C41H36N4OPt-2. The van der Waals surface area contributed by atoms with Crippen LogP contribution in [0.1, 0.15) is 71.6 Å². The Morgan fingerprint density at radius 3 is 2.53 bits per heavy atom. The number of aryl methyl sites for hydroxylation is 2. The van der Waals surface area contributed by atoms with Gasteiger partial charge in [-0.1, -0.05) is 71.0 Å². The molecule has 1 aliphatic carbocycles. The molecule has 0 bridgehead atoms. The Morgan fingerprint density at radius 2 is 1.72 bits per heavy atom. The van der Waals surface area contributed by atoms with Crippen molar-refractivity contribution < 1.29 is 32.3 Å². The van der Waals surface area contributed by atoms with E-state index in [0.29, 0.717) is 37.4 Å². The van der Waals surface area contributed by atoms with Gasteiger partial charge in [0.1, 0.15) is 0 Å². The van der Waals surface area contributed by atoms with Gasteiger partial charge in [-0.05, 0) is 29.8 Å². The van der Waals surface area contributed by atoms with Gasteiger partial charge in [0.25, 0.3) is 0 Å². The summed E-state index contributed by atoms with van der Waals surface area (Å²) >= 11 is 1.99. The summed E-state index contributed by atoms with van der Waals surface area (Å²) in [6, 6.07) is 28.3. The molecule has 0 amide bonds. The summed E-state index contributed by atoms with van der Waals surface area (Å²) in [5.41, 5.74) is 7.00. The number of rotatable bonds is 3. The number of pyridine rings is 1. The van der Waals surface area contributed by atoms with Gasteiger partial charge < -0.3 is 0 Å². The minimum Gasteiger partial charge on any atom is -0.0619 e. The number of benzene rings is 4. The van der Waals surface area contributed by atoms with E-state index in [1.54, 1.807) is 22.9 Å². The second-order valence-corrected chi connectivity index (χ2v) is 15.3. The third-order valence-corrected chi connectivity index (χ3v) is 12.0. The Bertz CT molecular complexity index is 2770. The second kappa shape index (κ2) is 9.45. The van der Waals surface area contributed by atoms with Crippen molar-refractivity contribution in [1.29, 1.82) is 0 Å². The van der Waals surface area contributed by atoms with Crippen molar-refractivity contribution in [2.24, 2.45) is 6.98 Å². The van der Waals surface area contributed by atoms with Crippen molar-refractivity contribution in [3.63, 3.8) is 0 Å². The molecule has 5 nitrogen and oxygen atoms in total. The SMILES string of the molecule is [2H]C([2H])([2H])c1ccc2c3c1c1ccc(Oc4[c-]c(-n5ccn(C([2H])([2H])[2H])[c]5=[Pt])ccc4)[c-]c1c1nc4c(n13)C(C)(CC(C)(C)c1ccccc1-4)C2(C)C. The second-order valence-electron chi connectivity index (χ2n) is 14.3. The summed E-state index contributed by atoms with van der Waals surface area (Å²) in [7, 11) is 0. The van der Waals surface area contributed by atoms with E-state index in [0.717, 1.165) is 39.8 Å². The van der Waals surface area contributed by atoms with Crippen LogP contribution in [-0.4, -0.2) is 18.5 Å². The van der Waals surface area contributed by atoms with Crippen LogP contribution in [0, 0.1) is 22.8 Å². The van der Waals surface area contributed by atoms with Crippen LogP contribution in [0.15, 0.2) is 79.1 Å². The normalized spacial score (nSPS) is 21.4. The van der Waals surface area contributed by atoms with Crippen LogP contribution in [0.2, 0.25) is 0 Å². The van der Waals surface area contributed by atoms with Gasteiger partial charge in [-0.15, -0.1) is 0 Å². The average Bonchev–Trinajstić information content (AvgIpc) is 3.67. The summed E-state index contributed by atoms with van der Waals surface area (Å²) < 4.78 is 61.7. The largest absolute Gasteiger partial charge is 0.0619 e. The number of nitrogens with zero attached hydrogens (tertiary/aromatic N) is 4. The Balaban J connectivity index is 1.32. The molecule has 1 aliphatic heterocycles. The van der Waals surface area contributed by atoms with Gasteiger partial charge in [0, 0.05) is 20.5 Å². The molecule has 6 heteroatoms. The first-order valence-corrected chi connectivity index (χ1v) is 16.9. The molecule has 3 aromatic heterocycles. The standard InChI is InChI=1S/C41H36N4O.Pt/c1-25-15-18-33-36-34(25)29-17-16-28(46-27-12-10-11-26(21-27)44-20-19-43(7)24-44)22-31(29)38-42-35-30-13-8-9-14-32(30)39(2,3)23-41(6,40(33,4)5)37(35)45(36)38;/h8-20H,23H2,1-7H3;/q-2;/i1D3,7D3;. The van der Waals surface area contributed by atoms with Crippen molar-refractivity contribution in [2.45, 2.75) is 64.1 Å². The first-order valence-electron chi connectivity index (χ1n) is 18.8. The van der Waals surface area contributed by atoms with Crippen LogP contribution in [0.4, 0.5) is 0 Å². The van der Waals surface area contributed by atoms with E-state index in [-0.39, 0.29) is 21.8 Å². The minimum atomic E-state index is -2.37. The third kappa shape index (κ3) is 3.75. The maximum atomic E-state index is 8.66. The zero-order chi connectivity index (χ0) is 37.6. The quantitative estimate of drug-likeness (QED) is 0.132. The number of aromatic nitrogens is 4. The van der Waals surface area contributed by atoms with E-state index >= 15 is 0 Å². The molecule has 2 aliphatic rings. The van der Waals surface area contributed by atoms with E-state index in [9.17, 15) is 0 Å². The van der Waals surface area contributed by atoms with Crippen LogP contribution >= 0.6 is 0 Å². The zero-order valence-corrected chi connectivity index (χ0v) is 29.0. The molecule has 0 fully saturated rings. The predicted molar refractivity (Wildman–Crippen MR) is 184 cm³/mol. The van der Waals surface area contributed by atoms with Crippen molar-refractivity contribution in [2.75, 3.05) is 0 Å². The molecule has 7 aromatic rings. The van der Waals surface area contributed by atoms with Gasteiger partial charge in [-0.3, -0.25) is 0 Å². The molecular weight excluding hydrogens is 760 g/mol. The fraction of sp³-hybridized carbons (Fsp3) is 0.268. The van der Waals surface area contributed by atoms with E-state index in [4.69, 9.17) is 17.9 Å². The molecule has 0 N–H and O–H groups in total. The Kier molecular flexibility index (Phi) is 4.66. The summed E-state index contributed by atoms with van der Waals surface area (Å²) in [6.45, 7) is 6.89. The Labute approximate surface area is 294 Å². The summed E-state index contributed by atoms with van der Waals surface area (Å²) in [5, 5.41) is 2.09. The van der Waals surface area contributed by atoms with Gasteiger partial charge in [0.15, 0.2) is 0 Å².